The molecule has 0 fully saturated rings. The molecule has 10 heavy (non-hydrogen) atoms. The van der Waals surface area contributed by atoms with Crippen molar-refractivity contribution in [3.63, 3.8) is 0 Å². The molecule has 0 amide bonds. The number of aromatic nitrogens is 1. The van der Waals surface area contributed by atoms with Gasteiger partial charge in [-0.2, -0.15) is 4.73 Å². The maximum Gasteiger partial charge on any atom is 0.141 e. The third kappa shape index (κ3) is 0.593. The Hall–Kier alpha value is -1.16. The predicted octanol–water partition coefficient (Wildman–Crippen LogP) is 1.52. The van der Waals surface area contributed by atoms with Crippen molar-refractivity contribution in [3.05, 3.63) is 18.3 Å². The third-order valence-corrected chi connectivity index (χ3v) is 2.33. The summed E-state index contributed by atoms with van der Waals surface area (Å²) in [6, 6.07) is 3.66. The molecule has 0 saturated carbocycles. The first-order chi connectivity index (χ1) is 4.77. The number of nitrogens with zero attached hydrogens (tertiary/aromatic N) is 1. The second-order valence-electron chi connectivity index (χ2n) is 2.07. The average Bonchev–Trinajstić information content (AvgIpc) is 2.35. The highest BCUT2D eigenvalue weighted by Crippen LogP contribution is 2.26. The van der Waals surface area contributed by atoms with E-state index in [0.29, 0.717) is 0 Å². The summed E-state index contributed by atoms with van der Waals surface area (Å²) < 4.78 is 1.08. The maximum absolute atomic E-state index is 9.10. The number of thiophene rings is 1. The number of anilines is 1. The molecule has 2 heterocycles. The summed E-state index contributed by atoms with van der Waals surface area (Å²) in [4.78, 5) is 0.803. The minimum absolute atomic E-state index is 0.730. The summed E-state index contributed by atoms with van der Waals surface area (Å²) in [6.45, 7) is 0. The molecular weight excluding hydrogens is 148 g/mol. The normalized spacial score (nSPS) is 10.8. The molecule has 0 radical (unpaired) electrons. The van der Waals surface area contributed by atoms with Gasteiger partial charge in [0.25, 0.3) is 0 Å². The van der Waals surface area contributed by atoms with E-state index in [1.165, 1.54) is 11.3 Å². The summed E-state index contributed by atoms with van der Waals surface area (Å²) in [5, 5.41) is 10.8. The van der Waals surface area contributed by atoms with Crippen molar-refractivity contribution in [1.82, 2.24) is 4.73 Å². The van der Waals surface area contributed by atoms with Gasteiger partial charge in [0, 0.05) is 11.6 Å². The van der Waals surface area contributed by atoms with E-state index >= 15 is 0 Å². The summed E-state index contributed by atoms with van der Waals surface area (Å²) in [6.07, 6.45) is 1.60. The molecule has 0 atom stereocenters. The van der Waals surface area contributed by atoms with Crippen molar-refractivity contribution < 1.29 is 5.21 Å². The zero-order valence-electron chi connectivity index (χ0n) is 5.11. The van der Waals surface area contributed by atoms with Gasteiger partial charge in [-0.15, -0.1) is 0 Å². The molecule has 0 aliphatic heterocycles. The summed E-state index contributed by atoms with van der Waals surface area (Å²) in [5.74, 6) is 0. The lowest BCUT2D eigenvalue weighted by atomic mass is 10.4. The fourth-order valence-corrected chi connectivity index (χ4v) is 1.74. The Bertz CT molecular complexity index is 363. The molecule has 4 heteroatoms. The SMILES string of the molecule is Nc1cc2ccn(O)c2s1. The van der Waals surface area contributed by atoms with Gasteiger partial charge in [0.15, 0.2) is 0 Å². The van der Waals surface area contributed by atoms with E-state index in [9.17, 15) is 0 Å². The van der Waals surface area contributed by atoms with Crippen molar-refractivity contribution in [2.24, 2.45) is 0 Å². The van der Waals surface area contributed by atoms with Crippen molar-refractivity contribution in [1.29, 1.82) is 0 Å². The van der Waals surface area contributed by atoms with Crippen LogP contribution in [0.15, 0.2) is 18.3 Å². The van der Waals surface area contributed by atoms with Crippen LogP contribution < -0.4 is 5.73 Å². The second-order valence-corrected chi connectivity index (χ2v) is 3.13. The van der Waals surface area contributed by atoms with Crippen molar-refractivity contribution in [2.45, 2.75) is 0 Å². The Morgan fingerprint density at radius 2 is 2.40 bits per heavy atom. The van der Waals surface area contributed by atoms with Crippen LogP contribution in [-0.4, -0.2) is 9.94 Å². The van der Waals surface area contributed by atoms with E-state index in [1.807, 2.05) is 12.1 Å². The Kier molecular flexibility index (Phi) is 0.935. The average molecular weight is 154 g/mol. The first-order valence-electron chi connectivity index (χ1n) is 2.83. The van der Waals surface area contributed by atoms with E-state index in [4.69, 9.17) is 10.9 Å². The van der Waals surface area contributed by atoms with Crippen LogP contribution in [0.4, 0.5) is 5.00 Å². The predicted molar refractivity (Wildman–Crippen MR) is 41.4 cm³/mol. The molecule has 2 aromatic rings. The fraction of sp³-hybridized carbons (Fsp3) is 0. The van der Waals surface area contributed by atoms with Gasteiger partial charge in [0.05, 0.1) is 5.00 Å². The van der Waals surface area contributed by atoms with Crippen molar-refractivity contribution in [3.8, 4) is 0 Å². The molecule has 0 unspecified atom stereocenters. The number of fused-ring (bicyclic) bond motifs is 1. The lowest BCUT2D eigenvalue weighted by Gasteiger charge is -1.85. The molecule has 2 aromatic heterocycles. The summed E-state index contributed by atoms with van der Waals surface area (Å²) in [7, 11) is 0. The summed E-state index contributed by atoms with van der Waals surface area (Å²) >= 11 is 1.38. The van der Waals surface area contributed by atoms with Gasteiger partial charge in [0.1, 0.15) is 4.83 Å². The van der Waals surface area contributed by atoms with Crippen LogP contribution in [0.3, 0.4) is 0 Å². The molecule has 0 aliphatic rings. The monoisotopic (exact) mass is 154 g/mol. The molecule has 0 saturated heterocycles. The van der Waals surface area contributed by atoms with Crippen LogP contribution in [0.25, 0.3) is 10.2 Å². The molecule has 2 rings (SSSR count). The Balaban J connectivity index is 2.90. The number of nitrogen functional groups attached to an aromatic ring is 1. The van der Waals surface area contributed by atoms with Gasteiger partial charge in [-0.1, -0.05) is 11.3 Å². The molecular formula is C6H6N2OS. The van der Waals surface area contributed by atoms with E-state index in [2.05, 4.69) is 0 Å². The minimum atomic E-state index is 0.730. The molecule has 0 aliphatic carbocycles. The molecule has 0 spiro atoms. The highest BCUT2D eigenvalue weighted by atomic mass is 32.1. The number of nitrogens with two attached hydrogens (primary N) is 1. The van der Waals surface area contributed by atoms with Gasteiger partial charge >= 0.3 is 0 Å². The van der Waals surface area contributed by atoms with E-state index in [0.717, 1.165) is 19.9 Å². The fourth-order valence-electron chi connectivity index (χ4n) is 0.932. The van der Waals surface area contributed by atoms with Crippen LogP contribution in [-0.2, 0) is 0 Å². The highest BCUT2D eigenvalue weighted by molar-refractivity contribution is 7.22. The lowest BCUT2D eigenvalue weighted by molar-refractivity contribution is 0.201. The molecule has 0 bridgehead atoms. The lowest BCUT2D eigenvalue weighted by Crippen LogP contribution is -1.81. The summed E-state index contributed by atoms with van der Waals surface area (Å²) in [5.41, 5.74) is 5.50. The van der Waals surface area contributed by atoms with Gasteiger partial charge < -0.3 is 10.9 Å². The van der Waals surface area contributed by atoms with E-state index < -0.39 is 0 Å². The highest BCUT2D eigenvalue weighted by Gasteiger charge is 2.01. The number of hydrogen-bond acceptors (Lipinski definition) is 3. The van der Waals surface area contributed by atoms with Crippen LogP contribution in [0.2, 0.25) is 0 Å². The number of hydrogen-bond donors (Lipinski definition) is 2. The zero-order chi connectivity index (χ0) is 7.14. The Morgan fingerprint density at radius 3 is 3.10 bits per heavy atom. The molecule has 0 aromatic carbocycles. The van der Waals surface area contributed by atoms with Crippen LogP contribution in [0.1, 0.15) is 0 Å². The topological polar surface area (TPSA) is 51.2 Å². The minimum Gasteiger partial charge on any atom is -0.428 e. The standard InChI is InChI=1S/C6H6N2OS/c7-5-3-4-1-2-8(9)6(4)10-5/h1-3,9H,7H2. The first kappa shape index (κ1) is 5.61. The zero-order valence-corrected chi connectivity index (χ0v) is 5.93. The molecule has 52 valence electrons. The van der Waals surface area contributed by atoms with Gasteiger partial charge in [-0.25, -0.2) is 0 Å². The second kappa shape index (κ2) is 1.67. The van der Waals surface area contributed by atoms with Gasteiger partial charge in [-0.3, -0.25) is 0 Å². The van der Waals surface area contributed by atoms with Crippen molar-refractivity contribution in [2.75, 3.05) is 5.73 Å². The van der Waals surface area contributed by atoms with Crippen molar-refractivity contribution >= 4 is 26.6 Å². The van der Waals surface area contributed by atoms with Crippen LogP contribution in [0, 0.1) is 0 Å². The number of rotatable bonds is 0. The quantitative estimate of drug-likeness (QED) is 0.565. The van der Waals surface area contributed by atoms with Crippen LogP contribution in [0.5, 0.6) is 0 Å². The third-order valence-electron chi connectivity index (χ3n) is 1.36. The maximum atomic E-state index is 9.10. The molecule has 3 N–H and O–H groups in total. The van der Waals surface area contributed by atoms with Crippen LogP contribution >= 0.6 is 11.3 Å². The molecule has 3 nitrogen and oxygen atoms in total. The van der Waals surface area contributed by atoms with E-state index in [-0.39, 0.29) is 0 Å². The largest absolute Gasteiger partial charge is 0.428 e. The Morgan fingerprint density at radius 1 is 1.60 bits per heavy atom. The van der Waals surface area contributed by atoms with E-state index in [1.54, 1.807) is 6.20 Å². The van der Waals surface area contributed by atoms with Gasteiger partial charge in [-0.05, 0) is 12.1 Å². The van der Waals surface area contributed by atoms with Gasteiger partial charge in [0.2, 0.25) is 0 Å². The Labute approximate surface area is 61.3 Å². The smallest absolute Gasteiger partial charge is 0.141 e. The first-order valence-corrected chi connectivity index (χ1v) is 3.64.